The molecule has 1 saturated carbocycles. The normalized spacial score (nSPS) is 26.2. The van der Waals surface area contributed by atoms with Crippen molar-refractivity contribution in [3.63, 3.8) is 0 Å². The number of carbonyl (C=O) groups is 1. The van der Waals surface area contributed by atoms with Crippen molar-refractivity contribution < 1.29 is 14.3 Å². The van der Waals surface area contributed by atoms with E-state index in [1.165, 1.54) is 19.3 Å². The number of hydrogen-bond acceptors (Lipinski definition) is 4. The van der Waals surface area contributed by atoms with Crippen molar-refractivity contribution in [2.45, 2.75) is 58.0 Å². The van der Waals surface area contributed by atoms with Gasteiger partial charge in [0.2, 0.25) is 0 Å². The molecular formula is C14H25NO3. The van der Waals surface area contributed by atoms with Crippen LogP contribution in [0.25, 0.3) is 0 Å². The number of hydrogen-bond donors (Lipinski definition) is 1. The summed E-state index contributed by atoms with van der Waals surface area (Å²) in [5.41, 5.74) is 0.430. The predicted molar refractivity (Wildman–Crippen MR) is 69.5 cm³/mol. The van der Waals surface area contributed by atoms with Gasteiger partial charge in [0.1, 0.15) is 6.10 Å². The van der Waals surface area contributed by atoms with E-state index in [0.29, 0.717) is 12.0 Å². The van der Waals surface area contributed by atoms with Crippen LogP contribution in [0.5, 0.6) is 0 Å². The first-order valence-corrected chi connectivity index (χ1v) is 7.28. The van der Waals surface area contributed by atoms with Gasteiger partial charge < -0.3 is 14.8 Å². The molecule has 4 heteroatoms. The summed E-state index contributed by atoms with van der Waals surface area (Å²) in [5.74, 6) is 0. The van der Waals surface area contributed by atoms with E-state index in [0.717, 1.165) is 38.8 Å². The predicted octanol–water partition coefficient (Wildman–Crippen LogP) is 2.86. The van der Waals surface area contributed by atoms with Crippen LogP contribution in [0.3, 0.4) is 0 Å². The molecule has 1 unspecified atom stereocenters. The molecule has 1 N–H and O–H groups in total. The first-order chi connectivity index (χ1) is 8.74. The maximum absolute atomic E-state index is 11.5. The van der Waals surface area contributed by atoms with E-state index in [1.807, 2.05) is 0 Å². The van der Waals surface area contributed by atoms with Crippen LogP contribution in [-0.4, -0.2) is 32.0 Å². The maximum atomic E-state index is 11.5. The van der Waals surface area contributed by atoms with Crippen LogP contribution in [0, 0.1) is 5.41 Å². The third-order valence-corrected chi connectivity index (χ3v) is 4.30. The minimum atomic E-state index is -0.473. The van der Waals surface area contributed by atoms with Gasteiger partial charge in [-0.15, -0.1) is 0 Å². The summed E-state index contributed by atoms with van der Waals surface area (Å²) >= 11 is 0. The van der Waals surface area contributed by atoms with Gasteiger partial charge >= 0.3 is 6.16 Å². The average Bonchev–Trinajstić information content (AvgIpc) is 2.73. The lowest BCUT2D eigenvalue weighted by Crippen LogP contribution is -2.35. The Morgan fingerprint density at radius 2 is 2.11 bits per heavy atom. The lowest BCUT2D eigenvalue weighted by atomic mass is 9.77. The highest BCUT2D eigenvalue weighted by Gasteiger charge is 2.41. The van der Waals surface area contributed by atoms with Crippen LogP contribution < -0.4 is 5.32 Å². The number of ether oxygens (including phenoxy) is 2. The van der Waals surface area contributed by atoms with Crippen molar-refractivity contribution in [2.24, 2.45) is 5.41 Å². The molecule has 1 aliphatic heterocycles. The summed E-state index contributed by atoms with van der Waals surface area (Å²) in [6.45, 7) is 4.77. The molecule has 104 valence electrons. The Balaban J connectivity index is 1.70. The summed E-state index contributed by atoms with van der Waals surface area (Å²) in [7, 11) is 0. The van der Waals surface area contributed by atoms with Crippen LogP contribution >= 0.6 is 0 Å². The third kappa shape index (κ3) is 3.61. The van der Waals surface area contributed by atoms with Gasteiger partial charge in [0.25, 0.3) is 0 Å². The fourth-order valence-electron chi connectivity index (χ4n) is 3.14. The molecule has 0 aromatic heterocycles. The second kappa shape index (κ2) is 6.41. The molecule has 0 amide bonds. The molecule has 2 fully saturated rings. The average molecular weight is 255 g/mol. The van der Waals surface area contributed by atoms with Crippen molar-refractivity contribution >= 4 is 6.16 Å². The fraction of sp³-hybridized carbons (Fsp3) is 0.929. The van der Waals surface area contributed by atoms with Gasteiger partial charge in [-0.2, -0.15) is 0 Å². The molecule has 18 heavy (non-hydrogen) atoms. The number of unbranched alkanes of at least 4 members (excludes halogenated alkanes) is 1. The van der Waals surface area contributed by atoms with E-state index >= 15 is 0 Å². The number of nitrogens with one attached hydrogen (secondary N) is 1. The molecule has 1 spiro atoms. The molecule has 4 nitrogen and oxygen atoms in total. The van der Waals surface area contributed by atoms with E-state index in [2.05, 4.69) is 12.2 Å². The van der Waals surface area contributed by atoms with Crippen LogP contribution in [0.1, 0.15) is 51.9 Å². The second-order valence-corrected chi connectivity index (χ2v) is 5.68. The van der Waals surface area contributed by atoms with Crippen LogP contribution in [0.4, 0.5) is 4.79 Å². The van der Waals surface area contributed by atoms with Crippen LogP contribution in [0.2, 0.25) is 0 Å². The molecule has 1 saturated heterocycles. The zero-order valence-electron chi connectivity index (χ0n) is 11.4. The van der Waals surface area contributed by atoms with Crippen molar-refractivity contribution in [1.82, 2.24) is 5.32 Å². The Morgan fingerprint density at radius 1 is 1.33 bits per heavy atom. The highest BCUT2D eigenvalue weighted by Crippen LogP contribution is 2.46. The van der Waals surface area contributed by atoms with E-state index in [1.54, 1.807) is 0 Å². The summed E-state index contributed by atoms with van der Waals surface area (Å²) in [6, 6.07) is 0. The standard InChI is InChI=1S/C14H25NO3/c1-2-3-10-17-13(16)18-12-4-5-14(11-12)6-8-15-9-7-14/h12,15H,2-11H2,1H3. The minimum absolute atomic E-state index is 0.0808. The van der Waals surface area contributed by atoms with E-state index in [9.17, 15) is 4.79 Å². The molecule has 1 heterocycles. The van der Waals surface area contributed by atoms with Gasteiger partial charge in [-0.05, 0) is 57.0 Å². The Labute approximate surface area is 109 Å². The number of carbonyl (C=O) groups excluding carboxylic acids is 1. The Bertz CT molecular complexity index is 274. The van der Waals surface area contributed by atoms with E-state index in [4.69, 9.17) is 9.47 Å². The van der Waals surface area contributed by atoms with Crippen molar-refractivity contribution in [3.8, 4) is 0 Å². The van der Waals surface area contributed by atoms with Gasteiger partial charge in [0, 0.05) is 0 Å². The fourth-order valence-corrected chi connectivity index (χ4v) is 3.14. The second-order valence-electron chi connectivity index (χ2n) is 5.68. The molecule has 2 rings (SSSR count). The Morgan fingerprint density at radius 3 is 2.83 bits per heavy atom. The maximum Gasteiger partial charge on any atom is 0.508 e. The number of rotatable bonds is 4. The zero-order valence-corrected chi connectivity index (χ0v) is 11.4. The van der Waals surface area contributed by atoms with Crippen molar-refractivity contribution in [1.29, 1.82) is 0 Å². The monoisotopic (exact) mass is 255 g/mol. The summed E-state index contributed by atoms with van der Waals surface area (Å²) in [6.07, 6.45) is 7.22. The summed E-state index contributed by atoms with van der Waals surface area (Å²) < 4.78 is 10.5. The zero-order chi connectivity index (χ0) is 12.8. The molecule has 2 aliphatic rings. The summed E-state index contributed by atoms with van der Waals surface area (Å²) in [4.78, 5) is 11.5. The summed E-state index contributed by atoms with van der Waals surface area (Å²) in [5, 5.41) is 3.39. The quantitative estimate of drug-likeness (QED) is 0.620. The largest absolute Gasteiger partial charge is 0.508 e. The minimum Gasteiger partial charge on any atom is -0.434 e. The highest BCUT2D eigenvalue weighted by atomic mass is 16.7. The lowest BCUT2D eigenvalue weighted by Gasteiger charge is -2.33. The van der Waals surface area contributed by atoms with Gasteiger partial charge in [0.05, 0.1) is 6.61 Å². The van der Waals surface area contributed by atoms with Crippen molar-refractivity contribution in [3.05, 3.63) is 0 Å². The smallest absolute Gasteiger partial charge is 0.434 e. The molecule has 1 atom stereocenters. The topological polar surface area (TPSA) is 47.6 Å². The van der Waals surface area contributed by atoms with Gasteiger partial charge in [-0.25, -0.2) is 4.79 Å². The molecular weight excluding hydrogens is 230 g/mol. The molecule has 0 radical (unpaired) electrons. The van der Waals surface area contributed by atoms with Crippen LogP contribution in [-0.2, 0) is 9.47 Å². The molecule has 0 bridgehead atoms. The Hall–Kier alpha value is -0.770. The highest BCUT2D eigenvalue weighted by molar-refractivity contribution is 5.60. The first-order valence-electron chi connectivity index (χ1n) is 7.28. The van der Waals surface area contributed by atoms with Crippen LogP contribution in [0.15, 0.2) is 0 Å². The van der Waals surface area contributed by atoms with E-state index < -0.39 is 6.16 Å². The van der Waals surface area contributed by atoms with Gasteiger partial charge in [-0.3, -0.25) is 0 Å². The van der Waals surface area contributed by atoms with Gasteiger partial charge in [0.15, 0.2) is 0 Å². The third-order valence-electron chi connectivity index (χ3n) is 4.30. The molecule has 0 aromatic carbocycles. The molecule has 1 aliphatic carbocycles. The van der Waals surface area contributed by atoms with Crippen molar-refractivity contribution in [2.75, 3.05) is 19.7 Å². The Kier molecular flexibility index (Phi) is 4.87. The number of piperidine rings is 1. The lowest BCUT2D eigenvalue weighted by molar-refractivity contribution is 0.0196. The molecule has 0 aromatic rings. The van der Waals surface area contributed by atoms with E-state index in [-0.39, 0.29) is 6.10 Å². The SMILES string of the molecule is CCCCOC(=O)OC1CCC2(CCNCC2)C1. The van der Waals surface area contributed by atoms with Gasteiger partial charge in [-0.1, -0.05) is 13.3 Å². The first kappa shape index (κ1) is 13.7.